The number of aliphatic hydroxyl groups excluding tert-OH is 1. The molecule has 0 saturated carbocycles. The number of imidazole rings is 1. The van der Waals surface area contributed by atoms with Crippen molar-refractivity contribution in [2.45, 2.75) is 12.6 Å². The van der Waals surface area contributed by atoms with Crippen molar-refractivity contribution < 1.29 is 9.84 Å². The maximum atomic E-state index is 9.81. The molecular formula is C14H18BrN3O2. The highest BCUT2D eigenvalue weighted by atomic mass is 79.9. The smallest absolute Gasteiger partial charge is 0.119 e. The molecule has 0 spiro atoms. The summed E-state index contributed by atoms with van der Waals surface area (Å²) in [6.45, 7) is 2.40. The summed E-state index contributed by atoms with van der Waals surface area (Å²) in [7, 11) is 0. The molecule has 0 fully saturated rings. The Hall–Kier alpha value is -1.37. The van der Waals surface area contributed by atoms with Gasteiger partial charge in [0.05, 0.1) is 6.33 Å². The Kier molecular flexibility index (Phi) is 6.04. The average Bonchev–Trinajstić information content (AvgIpc) is 2.96. The molecule has 2 N–H and O–H groups in total. The van der Waals surface area contributed by atoms with Gasteiger partial charge in [0, 0.05) is 36.5 Å². The molecule has 0 aliphatic heterocycles. The van der Waals surface area contributed by atoms with E-state index in [1.807, 2.05) is 35.0 Å². The van der Waals surface area contributed by atoms with Crippen molar-refractivity contribution in [3.8, 4) is 5.75 Å². The molecule has 2 rings (SSSR count). The van der Waals surface area contributed by atoms with E-state index in [9.17, 15) is 5.11 Å². The molecule has 0 bridgehead atoms. The van der Waals surface area contributed by atoms with Crippen molar-refractivity contribution in [2.24, 2.45) is 0 Å². The van der Waals surface area contributed by atoms with Gasteiger partial charge in [-0.15, -0.1) is 0 Å². The Labute approximate surface area is 126 Å². The molecule has 0 amide bonds. The summed E-state index contributed by atoms with van der Waals surface area (Å²) in [6, 6.07) is 7.54. The van der Waals surface area contributed by atoms with Gasteiger partial charge >= 0.3 is 0 Å². The van der Waals surface area contributed by atoms with E-state index in [1.54, 1.807) is 12.5 Å². The third kappa shape index (κ3) is 5.32. The predicted molar refractivity (Wildman–Crippen MR) is 80.7 cm³/mol. The van der Waals surface area contributed by atoms with Gasteiger partial charge < -0.3 is 19.7 Å². The number of halogens is 1. The van der Waals surface area contributed by atoms with Crippen LogP contribution in [-0.4, -0.2) is 40.5 Å². The van der Waals surface area contributed by atoms with E-state index in [4.69, 9.17) is 4.74 Å². The highest BCUT2D eigenvalue weighted by Gasteiger charge is 2.04. The summed E-state index contributed by atoms with van der Waals surface area (Å²) in [6.07, 6.45) is 4.91. The van der Waals surface area contributed by atoms with E-state index < -0.39 is 6.10 Å². The number of rotatable bonds is 8. The molecule has 1 atom stereocenters. The zero-order chi connectivity index (χ0) is 14.2. The van der Waals surface area contributed by atoms with Gasteiger partial charge in [0.1, 0.15) is 18.5 Å². The molecule has 1 unspecified atom stereocenters. The lowest BCUT2D eigenvalue weighted by Crippen LogP contribution is -2.33. The Bertz CT molecular complexity index is 488. The molecule has 20 heavy (non-hydrogen) atoms. The summed E-state index contributed by atoms with van der Waals surface area (Å²) >= 11 is 3.36. The standard InChI is InChI=1S/C14H18BrN3O2/c15-12-1-3-14(4-2-12)20-10-13(19)9-16-5-7-18-8-6-17-11-18/h1-4,6,8,11,13,16,19H,5,7,9-10H2. The Morgan fingerprint density at radius 2 is 2.15 bits per heavy atom. The Morgan fingerprint density at radius 1 is 1.35 bits per heavy atom. The summed E-state index contributed by atoms with van der Waals surface area (Å²) in [5, 5.41) is 13.0. The quantitative estimate of drug-likeness (QED) is 0.718. The lowest BCUT2D eigenvalue weighted by atomic mass is 10.3. The van der Waals surface area contributed by atoms with Gasteiger partial charge in [-0.05, 0) is 24.3 Å². The van der Waals surface area contributed by atoms with Crippen LogP contribution in [0.3, 0.4) is 0 Å². The van der Waals surface area contributed by atoms with Gasteiger partial charge in [-0.1, -0.05) is 15.9 Å². The molecule has 0 aliphatic rings. The lowest BCUT2D eigenvalue weighted by Gasteiger charge is -2.13. The number of ether oxygens (including phenoxy) is 1. The van der Waals surface area contributed by atoms with Crippen molar-refractivity contribution in [3.05, 3.63) is 47.5 Å². The van der Waals surface area contributed by atoms with Crippen LogP contribution >= 0.6 is 15.9 Å². The first-order valence-electron chi connectivity index (χ1n) is 6.47. The summed E-state index contributed by atoms with van der Waals surface area (Å²) in [4.78, 5) is 3.97. The van der Waals surface area contributed by atoms with Crippen LogP contribution in [0.1, 0.15) is 0 Å². The van der Waals surface area contributed by atoms with E-state index in [0.717, 1.165) is 23.3 Å². The fraction of sp³-hybridized carbons (Fsp3) is 0.357. The monoisotopic (exact) mass is 339 g/mol. The van der Waals surface area contributed by atoms with Crippen LogP contribution in [0, 0.1) is 0 Å². The molecule has 1 heterocycles. The molecule has 6 heteroatoms. The number of hydrogen-bond donors (Lipinski definition) is 2. The van der Waals surface area contributed by atoms with Gasteiger partial charge in [0.25, 0.3) is 0 Å². The van der Waals surface area contributed by atoms with Crippen molar-refractivity contribution in [3.63, 3.8) is 0 Å². The third-order valence-electron chi connectivity index (χ3n) is 2.74. The van der Waals surface area contributed by atoms with Crippen molar-refractivity contribution in [1.29, 1.82) is 0 Å². The van der Waals surface area contributed by atoms with E-state index in [2.05, 4.69) is 26.2 Å². The minimum atomic E-state index is -0.526. The van der Waals surface area contributed by atoms with Crippen LogP contribution < -0.4 is 10.1 Å². The number of nitrogens with one attached hydrogen (secondary N) is 1. The number of nitrogens with zero attached hydrogens (tertiary/aromatic N) is 2. The van der Waals surface area contributed by atoms with Crippen molar-refractivity contribution in [1.82, 2.24) is 14.9 Å². The molecule has 108 valence electrons. The first-order valence-corrected chi connectivity index (χ1v) is 7.26. The Morgan fingerprint density at radius 3 is 2.85 bits per heavy atom. The first kappa shape index (κ1) is 15.0. The average molecular weight is 340 g/mol. The SMILES string of the molecule is OC(CNCCn1ccnc1)COc1ccc(Br)cc1. The van der Waals surface area contributed by atoms with Crippen LogP contribution in [0.5, 0.6) is 5.75 Å². The molecule has 1 aromatic carbocycles. The zero-order valence-electron chi connectivity index (χ0n) is 11.1. The minimum Gasteiger partial charge on any atom is -0.491 e. The molecule has 0 aliphatic carbocycles. The molecule has 0 radical (unpaired) electrons. The molecule has 0 saturated heterocycles. The maximum absolute atomic E-state index is 9.81. The first-order chi connectivity index (χ1) is 9.74. The van der Waals surface area contributed by atoms with E-state index in [1.165, 1.54) is 0 Å². The number of benzene rings is 1. The number of hydrogen-bond acceptors (Lipinski definition) is 4. The largest absolute Gasteiger partial charge is 0.491 e. The van der Waals surface area contributed by atoms with E-state index in [-0.39, 0.29) is 6.61 Å². The summed E-state index contributed by atoms with van der Waals surface area (Å²) in [5.74, 6) is 0.755. The van der Waals surface area contributed by atoms with Crippen molar-refractivity contribution in [2.75, 3.05) is 19.7 Å². The summed E-state index contributed by atoms with van der Waals surface area (Å²) in [5.41, 5.74) is 0. The van der Waals surface area contributed by atoms with Gasteiger partial charge in [-0.3, -0.25) is 0 Å². The second-order valence-corrected chi connectivity index (χ2v) is 5.34. The zero-order valence-corrected chi connectivity index (χ0v) is 12.7. The van der Waals surface area contributed by atoms with Crippen LogP contribution in [-0.2, 0) is 6.54 Å². The van der Waals surface area contributed by atoms with Gasteiger partial charge in [-0.2, -0.15) is 0 Å². The molecular weight excluding hydrogens is 322 g/mol. The van der Waals surface area contributed by atoms with Crippen LogP contribution in [0.15, 0.2) is 47.5 Å². The molecule has 1 aromatic heterocycles. The van der Waals surface area contributed by atoms with Gasteiger partial charge in [0.2, 0.25) is 0 Å². The highest BCUT2D eigenvalue weighted by molar-refractivity contribution is 9.10. The number of aliphatic hydroxyl groups is 1. The highest BCUT2D eigenvalue weighted by Crippen LogP contribution is 2.16. The second-order valence-electron chi connectivity index (χ2n) is 4.42. The fourth-order valence-corrected chi connectivity index (χ4v) is 1.94. The topological polar surface area (TPSA) is 59.3 Å². The summed E-state index contributed by atoms with van der Waals surface area (Å²) < 4.78 is 8.49. The van der Waals surface area contributed by atoms with E-state index in [0.29, 0.717) is 6.54 Å². The Balaban J connectivity index is 1.58. The normalized spacial score (nSPS) is 12.3. The minimum absolute atomic E-state index is 0.277. The van der Waals surface area contributed by atoms with E-state index >= 15 is 0 Å². The maximum Gasteiger partial charge on any atom is 0.119 e. The second kappa shape index (κ2) is 8.04. The van der Waals surface area contributed by atoms with Gasteiger partial charge in [-0.25, -0.2) is 4.98 Å². The predicted octanol–water partition coefficient (Wildman–Crippen LogP) is 1.68. The van der Waals surface area contributed by atoms with Crippen LogP contribution in [0.25, 0.3) is 0 Å². The van der Waals surface area contributed by atoms with Crippen LogP contribution in [0.2, 0.25) is 0 Å². The third-order valence-corrected chi connectivity index (χ3v) is 3.27. The van der Waals surface area contributed by atoms with Gasteiger partial charge in [0.15, 0.2) is 0 Å². The molecule has 5 nitrogen and oxygen atoms in total. The molecule has 2 aromatic rings. The number of aromatic nitrogens is 2. The van der Waals surface area contributed by atoms with Crippen molar-refractivity contribution >= 4 is 15.9 Å². The fourth-order valence-electron chi connectivity index (χ4n) is 1.68. The van der Waals surface area contributed by atoms with Crippen LogP contribution in [0.4, 0.5) is 0 Å². The lowest BCUT2D eigenvalue weighted by molar-refractivity contribution is 0.106.